The molecule has 0 N–H and O–H groups in total. The molecule has 1 unspecified atom stereocenters. The number of carbonyl (C=O) groups is 3. The Hall–Kier alpha value is -3.74. The summed E-state index contributed by atoms with van der Waals surface area (Å²) in [6.45, 7) is 3.61. The van der Waals surface area contributed by atoms with Crippen LogP contribution in [-0.4, -0.2) is 39.1 Å². The molecule has 0 aromatic carbocycles. The lowest BCUT2D eigenvalue weighted by Gasteiger charge is -2.16. The van der Waals surface area contributed by atoms with E-state index in [1.807, 2.05) is 18.2 Å². The van der Waals surface area contributed by atoms with Crippen LogP contribution in [0.15, 0.2) is 61.1 Å². The Kier molecular flexibility index (Phi) is 7.91. The number of hydrogen-bond donors (Lipinski definition) is 0. The van der Waals surface area contributed by atoms with Crippen molar-refractivity contribution >= 4 is 17.5 Å². The fourth-order valence-electron chi connectivity index (χ4n) is 3.44. The minimum absolute atomic E-state index is 0.00448. The van der Waals surface area contributed by atoms with Crippen LogP contribution in [0.1, 0.15) is 57.6 Å². The summed E-state index contributed by atoms with van der Waals surface area (Å²) in [6.07, 6.45) is 5.16. The van der Waals surface area contributed by atoms with Crippen LogP contribution < -0.4 is 0 Å². The molecule has 0 saturated heterocycles. The molecule has 1 atom stereocenters. The highest BCUT2D eigenvalue weighted by molar-refractivity contribution is 6.08. The number of ketones is 2. The van der Waals surface area contributed by atoms with Gasteiger partial charge in [0, 0.05) is 37.1 Å². The summed E-state index contributed by atoms with van der Waals surface area (Å²) in [5.74, 6) is -2.46. The van der Waals surface area contributed by atoms with Gasteiger partial charge in [0.05, 0.1) is 6.61 Å². The summed E-state index contributed by atoms with van der Waals surface area (Å²) >= 11 is 0. The molecule has 0 radical (unpaired) electrons. The fraction of sp³-hybridized carbons (Fsp3) is 0.280. The zero-order valence-electron chi connectivity index (χ0n) is 18.2. The van der Waals surface area contributed by atoms with Crippen LogP contribution in [0.5, 0.6) is 0 Å². The lowest BCUT2D eigenvalue weighted by molar-refractivity contribution is -0.146. The fourth-order valence-corrected chi connectivity index (χ4v) is 3.44. The summed E-state index contributed by atoms with van der Waals surface area (Å²) in [6, 6.07) is 12.6. The van der Waals surface area contributed by atoms with Crippen molar-refractivity contribution in [3.8, 4) is 0 Å². The molecule has 0 spiro atoms. The molecule has 3 heterocycles. The van der Waals surface area contributed by atoms with Gasteiger partial charge in [-0.3, -0.25) is 29.3 Å². The van der Waals surface area contributed by atoms with Crippen molar-refractivity contribution in [2.45, 2.75) is 33.1 Å². The number of hydrogen-bond acceptors (Lipinski definition) is 7. The topological polar surface area (TPSA) is 99.1 Å². The molecule has 0 amide bonds. The smallest absolute Gasteiger partial charge is 0.316 e. The van der Waals surface area contributed by atoms with Crippen LogP contribution >= 0.6 is 0 Å². The maximum absolute atomic E-state index is 13.4. The lowest BCUT2D eigenvalue weighted by atomic mass is 9.91. The van der Waals surface area contributed by atoms with Crippen LogP contribution in [0.25, 0.3) is 0 Å². The molecule has 0 aliphatic carbocycles. The molecule has 0 saturated carbocycles. The van der Waals surface area contributed by atoms with Crippen molar-refractivity contribution < 1.29 is 19.1 Å². The highest BCUT2D eigenvalue weighted by Crippen LogP contribution is 2.21. The number of pyridine rings is 3. The molecule has 32 heavy (non-hydrogen) atoms. The van der Waals surface area contributed by atoms with Crippen molar-refractivity contribution in [2.75, 3.05) is 6.61 Å². The van der Waals surface area contributed by atoms with E-state index in [2.05, 4.69) is 15.0 Å². The first-order valence-electron chi connectivity index (χ1n) is 10.5. The highest BCUT2D eigenvalue weighted by atomic mass is 16.5. The molecular weight excluding hydrogens is 406 g/mol. The minimum Gasteiger partial charge on any atom is -0.465 e. The molecule has 3 rings (SSSR count). The van der Waals surface area contributed by atoms with E-state index in [0.29, 0.717) is 17.7 Å². The Bertz CT molecular complexity index is 1100. The molecule has 0 aliphatic heterocycles. The van der Waals surface area contributed by atoms with Crippen LogP contribution in [0.3, 0.4) is 0 Å². The Morgan fingerprint density at radius 1 is 0.906 bits per heavy atom. The normalized spacial score (nSPS) is 11.6. The number of aryl methyl sites for hydroxylation is 1. The summed E-state index contributed by atoms with van der Waals surface area (Å²) in [5.41, 5.74) is 2.73. The van der Waals surface area contributed by atoms with Crippen molar-refractivity contribution in [2.24, 2.45) is 5.92 Å². The van der Waals surface area contributed by atoms with Gasteiger partial charge in [0.1, 0.15) is 17.3 Å². The van der Waals surface area contributed by atoms with E-state index < -0.39 is 17.7 Å². The van der Waals surface area contributed by atoms with E-state index in [1.54, 1.807) is 50.5 Å². The van der Waals surface area contributed by atoms with Gasteiger partial charge < -0.3 is 4.74 Å². The van der Waals surface area contributed by atoms with Gasteiger partial charge in [0.25, 0.3) is 0 Å². The molecule has 3 aromatic heterocycles. The molecule has 0 fully saturated rings. The zero-order valence-corrected chi connectivity index (χ0v) is 18.2. The highest BCUT2D eigenvalue weighted by Gasteiger charge is 2.32. The molecule has 3 aromatic rings. The standard InChI is InChI=1S/C25H25N3O4/c1-3-32-25(31)20(11-12-21(29)22-17(2)8-6-14-27-22)24(30)23-18(9-7-15-28-23)16-19-10-4-5-13-26-19/h4-10,13-15,20H,3,11-12,16H2,1-2H3. The first-order chi connectivity index (χ1) is 15.5. The predicted molar refractivity (Wildman–Crippen MR) is 118 cm³/mol. The second-order valence-corrected chi connectivity index (χ2v) is 7.31. The average molecular weight is 431 g/mol. The van der Waals surface area contributed by atoms with Crippen molar-refractivity contribution in [3.63, 3.8) is 0 Å². The third-order valence-corrected chi connectivity index (χ3v) is 5.04. The summed E-state index contributed by atoms with van der Waals surface area (Å²) in [4.78, 5) is 51.4. The van der Waals surface area contributed by atoms with Crippen molar-refractivity contribution in [1.29, 1.82) is 0 Å². The Morgan fingerprint density at radius 3 is 2.31 bits per heavy atom. The van der Waals surface area contributed by atoms with E-state index in [-0.39, 0.29) is 30.9 Å². The third kappa shape index (κ3) is 5.69. The molecule has 0 bridgehead atoms. The second-order valence-electron chi connectivity index (χ2n) is 7.31. The van der Waals surface area contributed by atoms with E-state index in [9.17, 15) is 14.4 Å². The number of esters is 1. The number of nitrogens with zero attached hydrogens (tertiary/aromatic N) is 3. The first-order valence-corrected chi connectivity index (χ1v) is 10.5. The second kappa shape index (κ2) is 11.0. The van der Waals surface area contributed by atoms with Crippen LogP contribution in [0.4, 0.5) is 0 Å². The number of carbonyl (C=O) groups excluding carboxylic acids is 3. The predicted octanol–water partition coefficient (Wildman–Crippen LogP) is 3.80. The van der Waals surface area contributed by atoms with E-state index >= 15 is 0 Å². The summed E-state index contributed by atoms with van der Waals surface area (Å²) in [5, 5.41) is 0. The van der Waals surface area contributed by atoms with Gasteiger partial charge in [-0.15, -0.1) is 0 Å². The third-order valence-electron chi connectivity index (χ3n) is 5.04. The SMILES string of the molecule is CCOC(=O)C(CCC(=O)c1ncccc1C)C(=O)c1ncccc1Cc1ccccn1. The first kappa shape index (κ1) is 22.9. The molecule has 7 nitrogen and oxygen atoms in total. The van der Waals surface area contributed by atoms with Crippen LogP contribution in [0.2, 0.25) is 0 Å². The van der Waals surface area contributed by atoms with Gasteiger partial charge in [-0.2, -0.15) is 0 Å². The van der Waals surface area contributed by atoms with E-state index in [1.165, 1.54) is 6.20 Å². The van der Waals surface area contributed by atoms with Crippen molar-refractivity contribution in [3.05, 3.63) is 89.3 Å². The lowest BCUT2D eigenvalue weighted by Crippen LogP contribution is -2.29. The largest absolute Gasteiger partial charge is 0.465 e. The number of Topliss-reactive ketones (excluding diaryl/α,β-unsaturated/α-hetero) is 2. The van der Waals surface area contributed by atoms with E-state index in [0.717, 1.165) is 11.3 Å². The Balaban J connectivity index is 1.83. The zero-order chi connectivity index (χ0) is 22.9. The van der Waals surface area contributed by atoms with Gasteiger partial charge in [0.15, 0.2) is 11.6 Å². The van der Waals surface area contributed by atoms with Crippen LogP contribution in [0, 0.1) is 12.8 Å². The Morgan fingerprint density at radius 2 is 1.62 bits per heavy atom. The molecule has 164 valence electrons. The molecular formula is C25H25N3O4. The Labute approximate surface area is 186 Å². The average Bonchev–Trinajstić information content (AvgIpc) is 2.80. The van der Waals surface area contributed by atoms with Gasteiger partial charge in [-0.05, 0) is 55.7 Å². The number of ether oxygens (including phenoxy) is 1. The van der Waals surface area contributed by atoms with Gasteiger partial charge in [0.2, 0.25) is 0 Å². The van der Waals surface area contributed by atoms with Crippen molar-refractivity contribution in [1.82, 2.24) is 15.0 Å². The van der Waals surface area contributed by atoms with E-state index in [4.69, 9.17) is 4.74 Å². The van der Waals surface area contributed by atoms with Gasteiger partial charge in [-0.25, -0.2) is 0 Å². The summed E-state index contributed by atoms with van der Waals surface area (Å²) in [7, 11) is 0. The minimum atomic E-state index is -1.12. The quantitative estimate of drug-likeness (QED) is 0.273. The van der Waals surface area contributed by atoms with Gasteiger partial charge in [-0.1, -0.05) is 18.2 Å². The summed E-state index contributed by atoms with van der Waals surface area (Å²) < 4.78 is 5.14. The number of aromatic nitrogens is 3. The maximum Gasteiger partial charge on any atom is 0.316 e. The molecule has 7 heteroatoms. The van der Waals surface area contributed by atoms with Gasteiger partial charge >= 0.3 is 5.97 Å². The number of rotatable bonds is 10. The molecule has 0 aliphatic rings. The monoisotopic (exact) mass is 431 g/mol. The van der Waals surface area contributed by atoms with Crippen LogP contribution in [-0.2, 0) is 16.0 Å². The maximum atomic E-state index is 13.4.